The number of aliphatic hydroxyl groups excluding tert-OH is 2. The van der Waals surface area contributed by atoms with E-state index < -0.39 is 38.5 Å². The van der Waals surface area contributed by atoms with Crippen molar-refractivity contribution >= 4 is 14.3 Å². The van der Waals surface area contributed by atoms with E-state index in [1.165, 1.54) is 6.33 Å². The number of anilines is 1. The molecule has 0 amide bonds. The Morgan fingerprint density at radius 2 is 2.00 bits per heavy atom. The summed E-state index contributed by atoms with van der Waals surface area (Å²) >= 11 is 0. The molecule has 1 fully saturated rings. The zero-order chi connectivity index (χ0) is 17.9. The summed E-state index contributed by atoms with van der Waals surface area (Å²) in [7, 11) is -2.07. The van der Waals surface area contributed by atoms with Crippen LogP contribution in [0.25, 0.3) is 0 Å². The van der Waals surface area contributed by atoms with E-state index in [2.05, 4.69) is 30.7 Å². The quantitative estimate of drug-likeness (QED) is 0.574. The maximum absolute atomic E-state index is 12.1. The van der Waals surface area contributed by atoms with E-state index in [1.54, 1.807) is 0 Å². The predicted molar refractivity (Wildman–Crippen MR) is 89.8 cm³/mol. The van der Waals surface area contributed by atoms with Crippen LogP contribution < -0.4 is 11.4 Å². The van der Waals surface area contributed by atoms with Gasteiger partial charge in [-0.25, -0.2) is 9.78 Å². The molecule has 0 aliphatic carbocycles. The van der Waals surface area contributed by atoms with Crippen LogP contribution in [0, 0.1) is 0 Å². The van der Waals surface area contributed by atoms with Crippen LogP contribution in [0.3, 0.4) is 0 Å². The van der Waals surface area contributed by atoms with Crippen molar-refractivity contribution in [1.29, 1.82) is 0 Å². The number of rotatable bonds is 7. The fourth-order valence-corrected chi connectivity index (χ4v) is 5.87. The van der Waals surface area contributed by atoms with Crippen molar-refractivity contribution in [2.24, 2.45) is 0 Å². The number of nitrogen functional groups attached to an aromatic ring is 1. The second-order valence-electron chi connectivity index (χ2n) is 5.97. The number of hydrogen-bond acceptors (Lipinski definition) is 8. The molecule has 1 saturated heterocycles. The Bertz CT molecular complexity index is 601. The summed E-state index contributed by atoms with van der Waals surface area (Å²) in [6.07, 6.45) is -2.31. The van der Waals surface area contributed by atoms with Gasteiger partial charge >= 0.3 is 5.69 Å². The molecule has 136 valence electrons. The van der Waals surface area contributed by atoms with Crippen molar-refractivity contribution in [2.45, 2.75) is 63.4 Å². The van der Waals surface area contributed by atoms with Gasteiger partial charge in [0, 0.05) is 0 Å². The smallest absolute Gasteiger partial charge is 0.354 e. The molecule has 2 heterocycles. The predicted octanol–water partition coefficient (Wildman–Crippen LogP) is -0.138. The Labute approximate surface area is 141 Å². The van der Waals surface area contributed by atoms with Crippen LogP contribution in [0.2, 0.25) is 18.1 Å². The van der Waals surface area contributed by atoms with E-state index in [9.17, 15) is 15.0 Å². The van der Waals surface area contributed by atoms with Gasteiger partial charge in [-0.2, -0.15) is 4.98 Å². The highest BCUT2D eigenvalue weighted by atomic mass is 28.4. The van der Waals surface area contributed by atoms with Gasteiger partial charge in [-0.3, -0.25) is 4.57 Å². The van der Waals surface area contributed by atoms with Crippen molar-refractivity contribution in [1.82, 2.24) is 14.5 Å². The van der Waals surface area contributed by atoms with Gasteiger partial charge in [-0.1, -0.05) is 20.8 Å². The fourth-order valence-electron chi connectivity index (χ4n) is 3.04. The highest BCUT2D eigenvalue weighted by Crippen LogP contribution is 2.35. The Hall–Kier alpha value is -1.33. The Morgan fingerprint density at radius 3 is 2.50 bits per heavy atom. The van der Waals surface area contributed by atoms with Crippen LogP contribution in [0.4, 0.5) is 5.95 Å². The van der Waals surface area contributed by atoms with Gasteiger partial charge in [-0.15, -0.1) is 0 Å². The SMILES string of the molecule is CC[Si](CC)(CC)O[C@@H]1[C@H](O)[C@@H](CO)O[C@H]1n1cnc(N)nc1=O. The second kappa shape index (κ2) is 7.70. The minimum atomic E-state index is -2.07. The number of ether oxygens (including phenoxy) is 1. The van der Waals surface area contributed by atoms with Crippen LogP contribution in [0.15, 0.2) is 11.1 Å². The van der Waals surface area contributed by atoms with Gasteiger partial charge in [0.25, 0.3) is 0 Å². The lowest BCUT2D eigenvalue weighted by Crippen LogP contribution is -2.47. The molecule has 9 nitrogen and oxygen atoms in total. The number of nitrogens with zero attached hydrogens (tertiary/aromatic N) is 3. The van der Waals surface area contributed by atoms with Gasteiger partial charge < -0.3 is 25.1 Å². The first-order valence-electron chi connectivity index (χ1n) is 8.24. The zero-order valence-corrected chi connectivity index (χ0v) is 15.3. The normalized spacial score (nSPS) is 27.5. The highest BCUT2D eigenvalue weighted by Gasteiger charge is 2.49. The molecule has 0 saturated carbocycles. The minimum Gasteiger partial charge on any atom is -0.407 e. The Kier molecular flexibility index (Phi) is 6.10. The lowest BCUT2D eigenvalue weighted by Gasteiger charge is -2.34. The summed E-state index contributed by atoms with van der Waals surface area (Å²) in [6.45, 7) is 5.83. The molecule has 1 aliphatic rings. The molecule has 4 N–H and O–H groups in total. The Morgan fingerprint density at radius 1 is 1.38 bits per heavy atom. The van der Waals surface area contributed by atoms with Gasteiger partial charge in [-0.05, 0) is 18.1 Å². The lowest BCUT2D eigenvalue weighted by atomic mass is 10.1. The molecule has 4 atom stereocenters. The van der Waals surface area contributed by atoms with Gasteiger partial charge in [0.05, 0.1) is 6.61 Å². The summed E-state index contributed by atoms with van der Waals surface area (Å²) in [5.41, 5.74) is 4.78. The molecule has 0 aromatic carbocycles. The van der Waals surface area contributed by atoms with Gasteiger partial charge in [0.15, 0.2) is 14.5 Å². The summed E-state index contributed by atoms with van der Waals surface area (Å²) in [5.74, 6) is -0.134. The first-order chi connectivity index (χ1) is 11.4. The highest BCUT2D eigenvalue weighted by molar-refractivity contribution is 6.73. The summed E-state index contributed by atoms with van der Waals surface area (Å²) in [4.78, 5) is 19.5. The minimum absolute atomic E-state index is 0.134. The molecular weight excluding hydrogens is 332 g/mol. The van der Waals surface area contributed by atoms with Crippen molar-refractivity contribution in [3.63, 3.8) is 0 Å². The lowest BCUT2D eigenvalue weighted by molar-refractivity contribution is -0.0537. The maximum Gasteiger partial charge on any atom is 0.354 e. The van der Waals surface area contributed by atoms with Crippen molar-refractivity contribution in [3.05, 3.63) is 16.8 Å². The van der Waals surface area contributed by atoms with E-state index in [0.717, 1.165) is 22.7 Å². The largest absolute Gasteiger partial charge is 0.407 e. The van der Waals surface area contributed by atoms with Crippen molar-refractivity contribution < 1.29 is 19.4 Å². The topological polar surface area (TPSA) is 133 Å². The number of hydrogen-bond donors (Lipinski definition) is 3. The third-order valence-corrected chi connectivity index (χ3v) is 9.47. The van der Waals surface area contributed by atoms with Crippen LogP contribution in [0.1, 0.15) is 27.0 Å². The molecule has 1 aromatic rings. The van der Waals surface area contributed by atoms with Gasteiger partial charge in [0.2, 0.25) is 5.95 Å². The average Bonchev–Trinajstić information content (AvgIpc) is 2.88. The van der Waals surface area contributed by atoms with Crippen LogP contribution in [-0.4, -0.2) is 58.0 Å². The van der Waals surface area contributed by atoms with Crippen molar-refractivity contribution in [3.8, 4) is 0 Å². The van der Waals surface area contributed by atoms with Crippen LogP contribution in [0.5, 0.6) is 0 Å². The van der Waals surface area contributed by atoms with Crippen LogP contribution in [-0.2, 0) is 9.16 Å². The standard InChI is InChI=1S/C14H26N4O5Si/c1-4-24(5-2,6-3)23-11-10(20)9(7-19)22-12(11)18-8-16-13(15)17-14(18)21/h8-12,19-20H,4-7H2,1-3H3,(H2,15,17,21)/t9-,10-,11-,12-/m1/s1. The molecule has 10 heteroatoms. The number of aromatic nitrogens is 3. The van der Waals surface area contributed by atoms with E-state index in [4.69, 9.17) is 14.9 Å². The average molecular weight is 358 g/mol. The van der Waals surface area contributed by atoms with Crippen LogP contribution >= 0.6 is 0 Å². The number of nitrogens with two attached hydrogens (primary N) is 1. The molecule has 1 aromatic heterocycles. The molecular formula is C14H26N4O5Si. The first-order valence-corrected chi connectivity index (χ1v) is 10.8. The maximum atomic E-state index is 12.1. The third-order valence-electron chi connectivity index (χ3n) is 4.83. The Balaban J connectivity index is 2.38. The summed E-state index contributed by atoms with van der Waals surface area (Å²) in [5, 5.41) is 19.9. The molecule has 2 rings (SSSR count). The second-order valence-corrected chi connectivity index (χ2v) is 10.7. The van der Waals surface area contributed by atoms with E-state index in [0.29, 0.717) is 0 Å². The van der Waals surface area contributed by atoms with E-state index in [-0.39, 0.29) is 12.6 Å². The molecule has 24 heavy (non-hydrogen) atoms. The molecule has 1 aliphatic heterocycles. The van der Waals surface area contributed by atoms with E-state index >= 15 is 0 Å². The first kappa shape index (κ1) is 19.0. The monoisotopic (exact) mass is 358 g/mol. The molecule has 0 radical (unpaired) electrons. The fraction of sp³-hybridized carbons (Fsp3) is 0.786. The molecule has 0 unspecified atom stereocenters. The van der Waals surface area contributed by atoms with Gasteiger partial charge in [0.1, 0.15) is 24.6 Å². The molecule has 0 spiro atoms. The van der Waals surface area contributed by atoms with Crippen molar-refractivity contribution in [2.75, 3.05) is 12.3 Å². The third kappa shape index (κ3) is 3.52. The zero-order valence-electron chi connectivity index (χ0n) is 14.3. The summed E-state index contributed by atoms with van der Waals surface area (Å²) < 4.78 is 13.2. The molecule has 0 bridgehead atoms. The van der Waals surface area contributed by atoms with E-state index in [1.807, 2.05) is 0 Å². The summed E-state index contributed by atoms with van der Waals surface area (Å²) in [6, 6.07) is 2.65. The number of aliphatic hydroxyl groups is 2.